The Morgan fingerprint density at radius 1 is 1.31 bits per heavy atom. The van der Waals surface area contributed by atoms with Crippen molar-refractivity contribution in [1.82, 2.24) is 10.2 Å². The molecule has 0 spiro atoms. The number of piperidine rings is 1. The van der Waals surface area contributed by atoms with Crippen LogP contribution < -0.4 is 5.32 Å². The highest BCUT2D eigenvalue weighted by Crippen LogP contribution is 2.24. The van der Waals surface area contributed by atoms with Crippen LogP contribution in [-0.2, 0) is 0 Å². The van der Waals surface area contributed by atoms with Gasteiger partial charge in [-0.15, -0.1) is 0 Å². The van der Waals surface area contributed by atoms with Gasteiger partial charge in [-0.05, 0) is 44.3 Å². The zero-order chi connectivity index (χ0) is 12.2. The van der Waals surface area contributed by atoms with Gasteiger partial charge in [0.2, 0.25) is 0 Å². The molecule has 1 N–H and O–H groups in total. The molecule has 0 aliphatic carbocycles. The van der Waals surface area contributed by atoms with Gasteiger partial charge in [0.25, 0.3) is 0 Å². The van der Waals surface area contributed by atoms with Crippen molar-refractivity contribution in [2.24, 2.45) is 11.3 Å². The predicted octanol–water partition coefficient (Wildman–Crippen LogP) is 2.74. The molecule has 0 aromatic heterocycles. The molecule has 0 amide bonds. The number of rotatable bonds is 4. The Morgan fingerprint density at radius 2 is 2.00 bits per heavy atom. The van der Waals surface area contributed by atoms with Crippen LogP contribution in [0.25, 0.3) is 0 Å². The summed E-state index contributed by atoms with van der Waals surface area (Å²) in [6.45, 7) is 12.9. The second-order valence-corrected chi connectivity index (χ2v) is 6.56. The molecule has 2 heteroatoms. The summed E-state index contributed by atoms with van der Waals surface area (Å²) < 4.78 is 0. The minimum atomic E-state index is 0.422. The summed E-state index contributed by atoms with van der Waals surface area (Å²) >= 11 is 0. The van der Waals surface area contributed by atoms with Crippen molar-refractivity contribution in [3.63, 3.8) is 0 Å². The maximum absolute atomic E-state index is 3.65. The van der Waals surface area contributed by atoms with Crippen LogP contribution in [0.5, 0.6) is 0 Å². The Balaban J connectivity index is 2.19. The van der Waals surface area contributed by atoms with E-state index < -0.39 is 0 Å². The van der Waals surface area contributed by atoms with Crippen molar-refractivity contribution in [2.75, 3.05) is 26.7 Å². The van der Waals surface area contributed by atoms with Gasteiger partial charge in [0.05, 0.1) is 0 Å². The number of likely N-dealkylation sites (N-methyl/N-ethyl adjacent to an activating group) is 1. The van der Waals surface area contributed by atoms with E-state index in [-0.39, 0.29) is 0 Å². The van der Waals surface area contributed by atoms with Gasteiger partial charge in [-0.3, -0.25) is 0 Å². The highest BCUT2D eigenvalue weighted by atomic mass is 15.2. The molecule has 96 valence electrons. The average Bonchev–Trinajstić information content (AvgIpc) is 2.19. The third-order valence-corrected chi connectivity index (χ3v) is 4.23. The first-order chi connectivity index (χ1) is 7.41. The maximum Gasteiger partial charge on any atom is 0.0217 e. The SMILES string of the molecule is CC(CNCC1CCCCN1C)C(C)(C)C. The van der Waals surface area contributed by atoms with E-state index in [1.165, 1.54) is 25.8 Å². The lowest BCUT2D eigenvalue weighted by Gasteiger charge is -2.34. The lowest BCUT2D eigenvalue weighted by atomic mass is 9.82. The van der Waals surface area contributed by atoms with Crippen molar-refractivity contribution in [2.45, 2.75) is 53.0 Å². The topological polar surface area (TPSA) is 15.3 Å². The molecule has 0 aromatic rings. The number of nitrogens with one attached hydrogen (secondary N) is 1. The molecule has 0 radical (unpaired) electrons. The highest BCUT2D eigenvalue weighted by Gasteiger charge is 2.21. The molecule has 1 aliphatic rings. The molecular weight excluding hydrogens is 196 g/mol. The molecule has 2 nitrogen and oxygen atoms in total. The minimum Gasteiger partial charge on any atom is -0.315 e. The molecule has 0 aromatic carbocycles. The number of hydrogen-bond acceptors (Lipinski definition) is 2. The van der Waals surface area contributed by atoms with Crippen LogP contribution in [-0.4, -0.2) is 37.6 Å². The van der Waals surface area contributed by atoms with Crippen molar-refractivity contribution in [1.29, 1.82) is 0 Å². The summed E-state index contributed by atoms with van der Waals surface area (Å²) in [6.07, 6.45) is 4.16. The minimum absolute atomic E-state index is 0.422. The molecule has 1 heterocycles. The van der Waals surface area contributed by atoms with E-state index in [4.69, 9.17) is 0 Å². The van der Waals surface area contributed by atoms with E-state index in [0.717, 1.165) is 25.0 Å². The molecule has 0 saturated carbocycles. The van der Waals surface area contributed by atoms with Crippen LogP contribution in [0.1, 0.15) is 47.0 Å². The second-order valence-electron chi connectivity index (χ2n) is 6.56. The summed E-state index contributed by atoms with van der Waals surface area (Å²) in [6, 6.07) is 0.765. The first-order valence-corrected chi connectivity index (χ1v) is 6.82. The zero-order valence-electron chi connectivity index (χ0n) is 11.8. The van der Waals surface area contributed by atoms with Gasteiger partial charge in [-0.25, -0.2) is 0 Å². The van der Waals surface area contributed by atoms with Gasteiger partial charge in [0, 0.05) is 12.6 Å². The Hall–Kier alpha value is -0.0800. The van der Waals surface area contributed by atoms with Gasteiger partial charge in [-0.2, -0.15) is 0 Å². The van der Waals surface area contributed by atoms with E-state index in [2.05, 4.69) is 45.0 Å². The zero-order valence-corrected chi connectivity index (χ0v) is 11.8. The lowest BCUT2D eigenvalue weighted by Crippen LogP contribution is -2.44. The molecule has 0 bridgehead atoms. The van der Waals surface area contributed by atoms with Gasteiger partial charge >= 0.3 is 0 Å². The molecule has 16 heavy (non-hydrogen) atoms. The summed E-state index contributed by atoms with van der Waals surface area (Å²) in [4.78, 5) is 2.51. The standard InChI is InChI=1S/C14H30N2/c1-12(14(2,3)4)10-15-11-13-8-6-7-9-16(13)5/h12-13,15H,6-11H2,1-5H3. The molecule has 1 rings (SSSR count). The van der Waals surface area contributed by atoms with Gasteiger partial charge in [0.1, 0.15) is 0 Å². The van der Waals surface area contributed by atoms with Crippen molar-refractivity contribution in [3.05, 3.63) is 0 Å². The first-order valence-electron chi connectivity index (χ1n) is 6.82. The van der Waals surface area contributed by atoms with Crippen molar-refractivity contribution < 1.29 is 0 Å². The maximum atomic E-state index is 3.65. The molecule has 1 saturated heterocycles. The predicted molar refractivity (Wildman–Crippen MR) is 71.8 cm³/mol. The van der Waals surface area contributed by atoms with Crippen LogP contribution >= 0.6 is 0 Å². The summed E-state index contributed by atoms with van der Waals surface area (Å²) in [5.41, 5.74) is 0.422. The second kappa shape index (κ2) is 6.02. The number of hydrogen-bond donors (Lipinski definition) is 1. The Labute approximate surface area is 102 Å². The Morgan fingerprint density at radius 3 is 2.56 bits per heavy atom. The van der Waals surface area contributed by atoms with Gasteiger partial charge in [0.15, 0.2) is 0 Å². The largest absolute Gasteiger partial charge is 0.315 e. The normalized spacial score (nSPS) is 25.7. The van der Waals surface area contributed by atoms with E-state index in [9.17, 15) is 0 Å². The Bertz CT molecular complexity index is 195. The fourth-order valence-electron chi connectivity index (χ4n) is 2.17. The van der Waals surface area contributed by atoms with E-state index in [0.29, 0.717) is 5.41 Å². The third-order valence-electron chi connectivity index (χ3n) is 4.23. The lowest BCUT2D eigenvalue weighted by molar-refractivity contribution is 0.174. The van der Waals surface area contributed by atoms with Crippen LogP contribution in [0, 0.1) is 11.3 Å². The van der Waals surface area contributed by atoms with Crippen LogP contribution in [0.2, 0.25) is 0 Å². The van der Waals surface area contributed by atoms with Crippen LogP contribution in [0.15, 0.2) is 0 Å². The number of nitrogens with zero attached hydrogens (tertiary/aromatic N) is 1. The van der Waals surface area contributed by atoms with E-state index in [1.807, 2.05) is 0 Å². The molecule has 2 unspecified atom stereocenters. The third kappa shape index (κ3) is 4.42. The molecule has 2 atom stereocenters. The van der Waals surface area contributed by atoms with Crippen molar-refractivity contribution >= 4 is 0 Å². The fourth-order valence-corrected chi connectivity index (χ4v) is 2.17. The van der Waals surface area contributed by atoms with E-state index >= 15 is 0 Å². The van der Waals surface area contributed by atoms with Crippen LogP contribution in [0.4, 0.5) is 0 Å². The van der Waals surface area contributed by atoms with Gasteiger partial charge in [-0.1, -0.05) is 34.1 Å². The quantitative estimate of drug-likeness (QED) is 0.793. The van der Waals surface area contributed by atoms with Crippen molar-refractivity contribution in [3.8, 4) is 0 Å². The summed E-state index contributed by atoms with van der Waals surface area (Å²) in [7, 11) is 2.26. The average molecular weight is 226 g/mol. The number of likely N-dealkylation sites (tertiary alicyclic amines) is 1. The first kappa shape index (κ1) is 14.0. The monoisotopic (exact) mass is 226 g/mol. The molecule has 1 fully saturated rings. The molecular formula is C14H30N2. The van der Waals surface area contributed by atoms with Crippen LogP contribution in [0.3, 0.4) is 0 Å². The highest BCUT2D eigenvalue weighted by molar-refractivity contribution is 4.78. The Kier molecular flexibility index (Phi) is 5.26. The smallest absolute Gasteiger partial charge is 0.0217 e. The summed E-state index contributed by atoms with van der Waals surface area (Å²) in [5.74, 6) is 0.737. The summed E-state index contributed by atoms with van der Waals surface area (Å²) in [5, 5.41) is 3.65. The van der Waals surface area contributed by atoms with E-state index in [1.54, 1.807) is 0 Å². The fraction of sp³-hybridized carbons (Fsp3) is 1.00. The molecule has 1 aliphatic heterocycles. The van der Waals surface area contributed by atoms with Gasteiger partial charge < -0.3 is 10.2 Å².